The molecule has 1 N–H and O–H groups in total. The minimum absolute atomic E-state index is 0. The summed E-state index contributed by atoms with van der Waals surface area (Å²) in [6, 6.07) is 1.58. The van der Waals surface area contributed by atoms with Crippen molar-refractivity contribution >= 4 is 46.1 Å². The number of hydrogen-bond donors (Lipinski definition) is 1. The number of hydrogen-bond acceptors (Lipinski definition) is 4. The zero-order chi connectivity index (χ0) is 8.93. The Morgan fingerprint density at radius 2 is 2.08 bits per heavy atom. The third-order valence-electron chi connectivity index (χ3n) is 1.54. The summed E-state index contributed by atoms with van der Waals surface area (Å²) in [5.41, 5.74) is 0.275. The van der Waals surface area contributed by atoms with E-state index in [-0.39, 0.29) is 28.6 Å². The van der Waals surface area contributed by atoms with Gasteiger partial charge in [-0.2, -0.15) is 0 Å². The number of carbonyl (C=O) groups excluding carboxylic acids is 1. The summed E-state index contributed by atoms with van der Waals surface area (Å²) < 4.78 is 24.4. The van der Waals surface area contributed by atoms with Crippen LogP contribution in [0.25, 0.3) is 0 Å². The van der Waals surface area contributed by atoms with Gasteiger partial charge < -0.3 is 0 Å². The van der Waals surface area contributed by atoms with Crippen LogP contribution >= 0.6 is 11.3 Å². The van der Waals surface area contributed by atoms with Gasteiger partial charge in [-0.25, -0.2) is 13.1 Å². The molecule has 0 fully saturated rings. The second-order valence-electron chi connectivity index (χ2n) is 2.49. The predicted octanol–water partition coefficient (Wildman–Crippen LogP) is 0.108. The number of thiophene rings is 1. The number of rotatable bonds is 0. The van der Waals surface area contributed by atoms with Crippen molar-refractivity contribution in [1.82, 2.24) is 4.72 Å². The largest absolute Gasteiger partial charge is 0.274 e. The van der Waals surface area contributed by atoms with E-state index in [1.807, 2.05) is 4.72 Å². The Morgan fingerprint density at radius 3 is 2.62 bits per heavy atom. The molecule has 1 aromatic heterocycles. The molecular formula is C6H5LiNO3S2. The zero-order valence-corrected chi connectivity index (χ0v) is 8.75. The average molecular weight is 210 g/mol. The van der Waals surface area contributed by atoms with Gasteiger partial charge >= 0.3 is 0 Å². The van der Waals surface area contributed by atoms with Crippen molar-refractivity contribution in [3.05, 3.63) is 16.5 Å². The van der Waals surface area contributed by atoms with Crippen LogP contribution in [0.5, 0.6) is 0 Å². The Labute approximate surface area is 91.6 Å². The van der Waals surface area contributed by atoms with Crippen molar-refractivity contribution in [3.8, 4) is 0 Å². The Balaban J connectivity index is 0.000000845. The number of nitrogens with one attached hydrogen (secondary N) is 1. The number of amides is 1. The van der Waals surface area contributed by atoms with Crippen LogP contribution in [0.15, 0.2) is 10.3 Å². The van der Waals surface area contributed by atoms with Crippen LogP contribution in [0.1, 0.15) is 15.2 Å². The molecule has 1 amide bonds. The molecule has 0 saturated heterocycles. The monoisotopic (exact) mass is 210 g/mol. The van der Waals surface area contributed by atoms with Gasteiger partial charge in [-0.15, -0.1) is 11.3 Å². The molecule has 1 aliphatic heterocycles. The standard InChI is InChI=1S/C6H5NO3S2.Li/c1-3-2-4-5(8)7-12(9,10)6(4)11-3;/h2H,1H3,(H,7,8);. The fourth-order valence-corrected chi connectivity index (χ4v) is 3.65. The van der Waals surface area contributed by atoms with Gasteiger partial charge in [-0.05, 0) is 13.0 Å². The molecular weight excluding hydrogens is 205 g/mol. The molecule has 0 atom stereocenters. The van der Waals surface area contributed by atoms with Crippen LogP contribution in [-0.4, -0.2) is 33.2 Å². The molecule has 0 saturated carbocycles. The smallest absolute Gasteiger partial charge is 0.268 e. The Kier molecular flexibility index (Phi) is 2.60. The first-order valence-electron chi connectivity index (χ1n) is 3.18. The van der Waals surface area contributed by atoms with E-state index in [9.17, 15) is 13.2 Å². The van der Waals surface area contributed by atoms with Crippen molar-refractivity contribution in [2.24, 2.45) is 0 Å². The second-order valence-corrected chi connectivity index (χ2v) is 5.63. The van der Waals surface area contributed by atoms with Gasteiger partial charge in [0.1, 0.15) is 0 Å². The van der Waals surface area contributed by atoms with E-state index >= 15 is 0 Å². The number of aryl methyl sites for hydroxylation is 1. The summed E-state index contributed by atoms with van der Waals surface area (Å²) in [7, 11) is -3.51. The van der Waals surface area contributed by atoms with Gasteiger partial charge in [0.05, 0.1) is 5.56 Å². The minimum atomic E-state index is -3.51. The van der Waals surface area contributed by atoms with Crippen LogP contribution in [0.3, 0.4) is 0 Å². The Morgan fingerprint density at radius 1 is 1.46 bits per heavy atom. The molecule has 1 aromatic rings. The molecule has 13 heavy (non-hydrogen) atoms. The van der Waals surface area contributed by atoms with E-state index in [0.29, 0.717) is 0 Å². The summed E-state index contributed by atoms with van der Waals surface area (Å²) >= 11 is 1.12. The van der Waals surface area contributed by atoms with Crippen molar-refractivity contribution in [1.29, 1.82) is 0 Å². The summed E-state index contributed by atoms with van der Waals surface area (Å²) in [6.45, 7) is 1.77. The third kappa shape index (κ3) is 1.55. The predicted molar refractivity (Wildman–Crippen MR) is 49.5 cm³/mol. The van der Waals surface area contributed by atoms with Crippen LogP contribution in [0, 0.1) is 6.92 Å². The van der Waals surface area contributed by atoms with Crippen molar-refractivity contribution in [2.45, 2.75) is 11.1 Å². The number of fused-ring (bicyclic) bond motifs is 1. The summed E-state index contributed by atoms with van der Waals surface area (Å²) in [4.78, 5) is 11.8. The molecule has 0 aliphatic carbocycles. The van der Waals surface area contributed by atoms with Crippen LogP contribution in [0.4, 0.5) is 0 Å². The quantitative estimate of drug-likeness (QED) is 0.618. The van der Waals surface area contributed by atoms with Crippen LogP contribution in [-0.2, 0) is 10.0 Å². The molecule has 0 aromatic carbocycles. The topological polar surface area (TPSA) is 63.2 Å². The van der Waals surface area contributed by atoms with Crippen molar-refractivity contribution in [2.75, 3.05) is 0 Å². The SMILES string of the molecule is Cc1cc2c(s1)S(=O)(=O)NC2=O.[Li]. The van der Waals surface area contributed by atoms with E-state index < -0.39 is 15.9 Å². The molecule has 2 heterocycles. The fourth-order valence-electron chi connectivity index (χ4n) is 1.07. The van der Waals surface area contributed by atoms with Gasteiger partial charge in [0.15, 0.2) is 4.21 Å². The van der Waals surface area contributed by atoms with E-state index in [1.54, 1.807) is 13.0 Å². The minimum Gasteiger partial charge on any atom is -0.268 e. The summed E-state index contributed by atoms with van der Waals surface area (Å²) in [6.07, 6.45) is 0. The number of carbonyl (C=O) groups is 1. The number of sulfonamides is 1. The fraction of sp³-hybridized carbons (Fsp3) is 0.167. The Bertz CT molecular complexity index is 462. The van der Waals surface area contributed by atoms with Gasteiger partial charge in [0.25, 0.3) is 15.9 Å². The first-order valence-corrected chi connectivity index (χ1v) is 5.48. The van der Waals surface area contributed by atoms with E-state index in [1.165, 1.54) is 0 Å². The molecule has 1 radical (unpaired) electrons. The van der Waals surface area contributed by atoms with Crippen LogP contribution in [0.2, 0.25) is 0 Å². The Hall–Kier alpha value is -0.283. The first kappa shape index (κ1) is 10.8. The van der Waals surface area contributed by atoms with Gasteiger partial charge in [0.2, 0.25) is 0 Å². The molecule has 0 bridgehead atoms. The molecule has 7 heteroatoms. The van der Waals surface area contributed by atoms with Gasteiger partial charge in [-0.3, -0.25) is 4.79 Å². The maximum Gasteiger partial charge on any atom is 0.274 e. The molecule has 0 spiro atoms. The molecule has 2 rings (SSSR count). The maximum absolute atomic E-state index is 11.2. The zero-order valence-electron chi connectivity index (χ0n) is 7.12. The average Bonchev–Trinajstić information content (AvgIpc) is 2.37. The molecule has 65 valence electrons. The van der Waals surface area contributed by atoms with E-state index in [4.69, 9.17) is 0 Å². The maximum atomic E-state index is 11.2. The van der Waals surface area contributed by atoms with E-state index in [0.717, 1.165) is 16.2 Å². The normalized spacial score (nSPS) is 17.5. The molecule has 1 aliphatic rings. The third-order valence-corrected chi connectivity index (χ3v) is 4.45. The van der Waals surface area contributed by atoms with Gasteiger partial charge in [0, 0.05) is 23.7 Å². The molecule has 0 unspecified atom stereocenters. The second kappa shape index (κ2) is 3.14. The van der Waals surface area contributed by atoms with Gasteiger partial charge in [-0.1, -0.05) is 0 Å². The first-order chi connectivity index (χ1) is 5.50. The summed E-state index contributed by atoms with van der Waals surface area (Å²) in [5.74, 6) is -0.519. The van der Waals surface area contributed by atoms with Crippen LogP contribution < -0.4 is 4.72 Å². The van der Waals surface area contributed by atoms with Crippen molar-refractivity contribution in [3.63, 3.8) is 0 Å². The molecule has 4 nitrogen and oxygen atoms in total. The van der Waals surface area contributed by atoms with Crippen molar-refractivity contribution < 1.29 is 13.2 Å². The van der Waals surface area contributed by atoms with E-state index in [2.05, 4.69) is 0 Å². The summed E-state index contributed by atoms with van der Waals surface area (Å²) in [5, 5.41) is 0.